The molecule has 0 atom stereocenters. The quantitative estimate of drug-likeness (QED) is 0.315. The molecule has 2 heterocycles. The Morgan fingerprint density at radius 3 is 2.64 bits per heavy atom. The fourth-order valence-corrected chi connectivity index (χ4v) is 4.51. The molecule has 3 aromatic rings. The van der Waals surface area contributed by atoms with Crippen LogP contribution in [0.2, 0.25) is 0 Å². The van der Waals surface area contributed by atoms with Crippen molar-refractivity contribution in [1.29, 1.82) is 0 Å². The number of nitrogens with zero attached hydrogens (tertiary/aromatic N) is 4. The Morgan fingerprint density at radius 1 is 1.06 bits per heavy atom. The lowest BCUT2D eigenvalue weighted by Crippen LogP contribution is -2.36. The molecule has 2 fully saturated rings. The zero-order valence-corrected chi connectivity index (χ0v) is 20.8. The van der Waals surface area contributed by atoms with Gasteiger partial charge in [0.05, 0.1) is 32.1 Å². The van der Waals surface area contributed by atoms with E-state index in [1.54, 1.807) is 6.21 Å². The minimum atomic E-state index is 0.415. The summed E-state index contributed by atoms with van der Waals surface area (Å²) in [5.74, 6) is 1.98. The zero-order chi connectivity index (χ0) is 24.6. The molecule has 188 valence electrons. The van der Waals surface area contributed by atoms with Crippen molar-refractivity contribution in [3.05, 3.63) is 71.3 Å². The smallest absolute Gasteiger partial charge is 0.231 e. The van der Waals surface area contributed by atoms with E-state index in [1.165, 1.54) is 36.8 Å². The van der Waals surface area contributed by atoms with E-state index < -0.39 is 0 Å². The molecule has 8 heteroatoms. The van der Waals surface area contributed by atoms with Crippen molar-refractivity contribution in [2.45, 2.75) is 45.3 Å². The van der Waals surface area contributed by atoms with Crippen LogP contribution in [0, 0.1) is 6.92 Å². The van der Waals surface area contributed by atoms with Gasteiger partial charge in [0.25, 0.3) is 0 Å². The van der Waals surface area contributed by atoms with Gasteiger partial charge in [-0.3, -0.25) is 5.43 Å². The molecule has 2 aromatic carbocycles. The lowest BCUT2D eigenvalue weighted by molar-refractivity contribution is 0.0457. The molecule has 1 aliphatic carbocycles. The van der Waals surface area contributed by atoms with Crippen LogP contribution in [0.15, 0.2) is 59.7 Å². The number of aromatic nitrogens is 2. The van der Waals surface area contributed by atoms with Crippen LogP contribution in [0.5, 0.6) is 0 Å². The highest BCUT2D eigenvalue weighted by molar-refractivity contribution is 5.80. The molecule has 1 saturated carbocycles. The summed E-state index contributed by atoms with van der Waals surface area (Å²) < 4.78 is 11.6. The predicted molar refractivity (Wildman–Crippen MR) is 144 cm³/mol. The van der Waals surface area contributed by atoms with E-state index in [9.17, 15) is 0 Å². The minimum Gasteiger partial charge on any atom is -0.378 e. The first-order chi connectivity index (χ1) is 17.7. The van der Waals surface area contributed by atoms with Gasteiger partial charge in [-0.2, -0.15) is 15.1 Å². The molecular formula is C28H34N6O2. The van der Waals surface area contributed by atoms with Gasteiger partial charge in [0.15, 0.2) is 5.82 Å². The van der Waals surface area contributed by atoms with Gasteiger partial charge in [0, 0.05) is 24.8 Å². The number of benzene rings is 2. The highest BCUT2D eigenvalue weighted by Crippen LogP contribution is 2.24. The Balaban J connectivity index is 1.28. The van der Waals surface area contributed by atoms with Gasteiger partial charge < -0.3 is 19.7 Å². The number of ether oxygens (including phenoxy) is 2. The van der Waals surface area contributed by atoms with Crippen LogP contribution in [0.25, 0.3) is 0 Å². The van der Waals surface area contributed by atoms with Gasteiger partial charge in [-0.1, -0.05) is 54.8 Å². The molecule has 0 radical (unpaired) electrons. The number of nitrogens with one attached hydrogen (secondary N) is 2. The topological polar surface area (TPSA) is 83.9 Å². The Kier molecular flexibility index (Phi) is 8.05. The van der Waals surface area contributed by atoms with E-state index in [-0.39, 0.29) is 0 Å². The summed E-state index contributed by atoms with van der Waals surface area (Å²) in [7, 11) is 0. The first-order valence-electron chi connectivity index (χ1n) is 12.8. The van der Waals surface area contributed by atoms with Crippen molar-refractivity contribution in [3.63, 3.8) is 0 Å². The lowest BCUT2D eigenvalue weighted by atomic mass is 10.2. The number of hydrogen-bond donors (Lipinski definition) is 2. The third-order valence-electron chi connectivity index (χ3n) is 6.48. The Morgan fingerprint density at radius 2 is 1.86 bits per heavy atom. The molecule has 1 saturated heterocycles. The van der Waals surface area contributed by atoms with E-state index in [1.807, 2.05) is 30.3 Å². The largest absolute Gasteiger partial charge is 0.378 e. The monoisotopic (exact) mass is 486 g/mol. The molecule has 0 spiro atoms. The van der Waals surface area contributed by atoms with Crippen LogP contribution in [-0.4, -0.2) is 48.6 Å². The number of hydrazone groups is 1. The van der Waals surface area contributed by atoms with Gasteiger partial charge in [0.2, 0.25) is 5.95 Å². The van der Waals surface area contributed by atoms with E-state index in [0.717, 1.165) is 30.2 Å². The first-order valence-corrected chi connectivity index (χ1v) is 12.8. The molecule has 36 heavy (non-hydrogen) atoms. The molecular weight excluding hydrogens is 452 g/mol. The molecule has 1 aromatic heterocycles. The summed E-state index contributed by atoms with van der Waals surface area (Å²) in [6.07, 6.45) is 7.14. The van der Waals surface area contributed by atoms with Crippen molar-refractivity contribution < 1.29 is 9.47 Å². The fraction of sp³-hybridized carbons (Fsp3) is 0.393. The molecule has 0 amide bonds. The van der Waals surface area contributed by atoms with Crippen molar-refractivity contribution in [3.8, 4) is 0 Å². The third kappa shape index (κ3) is 6.80. The lowest BCUT2D eigenvalue weighted by Gasteiger charge is -2.28. The van der Waals surface area contributed by atoms with Crippen molar-refractivity contribution in [1.82, 2.24) is 9.97 Å². The summed E-state index contributed by atoms with van der Waals surface area (Å²) in [5, 5.41) is 7.75. The fourth-order valence-electron chi connectivity index (χ4n) is 4.51. The van der Waals surface area contributed by atoms with E-state index in [4.69, 9.17) is 14.5 Å². The maximum absolute atomic E-state index is 6.04. The second kappa shape index (κ2) is 12.0. The zero-order valence-electron chi connectivity index (χ0n) is 20.8. The van der Waals surface area contributed by atoms with Gasteiger partial charge in [0.1, 0.15) is 5.82 Å². The summed E-state index contributed by atoms with van der Waals surface area (Å²) in [6.45, 7) is 5.67. The van der Waals surface area contributed by atoms with Crippen LogP contribution in [0.1, 0.15) is 42.4 Å². The molecule has 0 unspecified atom stereocenters. The molecule has 2 aliphatic rings. The average molecular weight is 487 g/mol. The first kappa shape index (κ1) is 24.2. The number of hydrogen-bond acceptors (Lipinski definition) is 8. The van der Waals surface area contributed by atoms with Crippen LogP contribution in [0.3, 0.4) is 0 Å². The summed E-state index contributed by atoms with van der Waals surface area (Å²) in [5.41, 5.74) is 7.39. The van der Waals surface area contributed by atoms with Crippen LogP contribution < -0.4 is 15.6 Å². The summed E-state index contributed by atoms with van der Waals surface area (Å²) >= 11 is 0. The van der Waals surface area contributed by atoms with Crippen molar-refractivity contribution in [2.75, 3.05) is 41.9 Å². The number of morpholine rings is 1. The third-order valence-corrected chi connectivity index (χ3v) is 6.48. The molecule has 0 bridgehead atoms. The highest BCUT2D eigenvalue weighted by atomic mass is 16.5. The van der Waals surface area contributed by atoms with E-state index in [2.05, 4.69) is 56.9 Å². The maximum atomic E-state index is 6.04. The Hall–Kier alpha value is -3.49. The van der Waals surface area contributed by atoms with Crippen LogP contribution in [0.4, 0.5) is 23.3 Å². The average Bonchev–Trinajstić information content (AvgIpc) is 3.43. The Bertz CT molecular complexity index is 1150. The van der Waals surface area contributed by atoms with Crippen molar-refractivity contribution in [2.24, 2.45) is 5.10 Å². The Labute approximate surface area is 212 Å². The van der Waals surface area contributed by atoms with Gasteiger partial charge in [-0.05, 0) is 43.0 Å². The highest BCUT2D eigenvalue weighted by Gasteiger charge is 2.16. The number of rotatable bonds is 9. The maximum Gasteiger partial charge on any atom is 0.231 e. The normalized spacial score (nSPS) is 16.5. The number of aryl methyl sites for hydroxylation is 1. The van der Waals surface area contributed by atoms with E-state index >= 15 is 0 Å². The van der Waals surface area contributed by atoms with Crippen LogP contribution >= 0.6 is 0 Å². The van der Waals surface area contributed by atoms with Gasteiger partial charge in [-0.15, -0.1) is 0 Å². The standard InChI is InChI=1S/C28H34N6O2/c1-21-5-4-6-23(17-21)19-29-33-26-18-27(34-13-15-35-16-14-34)32-28(31-26)30-24-11-9-22(10-12-24)20-36-25-7-2-3-8-25/h4-6,9-12,17-19,25H,2-3,7-8,13-16,20H2,1H3,(H2,30,31,32,33)/b29-19+. The second-order valence-corrected chi connectivity index (χ2v) is 9.36. The number of anilines is 4. The molecule has 5 rings (SSSR count). The summed E-state index contributed by atoms with van der Waals surface area (Å²) in [6, 6.07) is 18.4. The second-order valence-electron chi connectivity index (χ2n) is 9.36. The molecule has 8 nitrogen and oxygen atoms in total. The van der Waals surface area contributed by atoms with Gasteiger partial charge in [-0.25, -0.2) is 0 Å². The SMILES string of the molecule is Cc1cccc(/C=N/Nc2cc(N3CCOCC3)nc(Nc3ccc(COC4CCCC4)cc3)n2)c1. The van der Waals surface area contributed by atoms with Crippen molar-refractivity contribution >= 4 is 29.5 Å². The van der Waals surface area contributed by atoms with Crippen LogP contribution in [-0.2, 0) is 16.1 Å². The van der Waals surface area contributed by atoms with Gasteiger partial charge >= 0.3 is 0 Å². The predicted octanol–water partition coefficient (Wildman–Crippen LogP) is 5.27. The van der Waals surface area contributed by atoms with E-state index in [0.29, 0.717) is 37.7 Å². The summed E-state index contributed by atoms with van der Waals surface area (Å²) in [4.78, 5) is 11.6. The molecule has 1 aliphatic heterocycles. The minimum absolute atomic E-state index is 0.415. The molecule has 2 N–H and O–H groups in total.